The van der Waals surface area contributed by atoms with E-state index in [2.05, 4.69) is 40.7 Å². The predicted molar refractivity (Wildman–Crippen MR) is 164 cm³/mol. The van der Waals surface area contributed by atoms with E-state index in [1.807, 2.05) is 34.9 Å². The molecule has 4 heterocycles. The maximum absolute atomic E-state index is 13.9. The number of aromatic nitrogens is 2. The summed E-state index contributed by atoms with van der Waals surface area (Å²) in [7, 11) is 0. The van der Waals surface area contributed by atoms with Gasteiger partial charge in [-0.1, -0.05) is 29.8 Å². The second-order valence-electron chi connectivity index (χ2n) is 12.3. The highest BCUT2D eigenvalue weighted by atomic mass is 35.5. The molecule has 0 N–H and O–H groups in total. The molecule has 3 aliphatic heterocycles. The molecule has 0 saturated carbocycles. The fourth-order valence-corrected chi connectivity index (χ4v) is 7.81. The van der Waals surface area contributed by atoms with Crippen molar-refractivity contribution < 1.29 is 9.59 Å². The predicted octanol–water partition coefficient (Wildman–Crippen LogP) is 6.16. The Morgan fingerprint density at radius 2 is 1.68 bits per heavy atom. The summed E-state index contributed by atoms with van der Waals surface area (Å²) in [5.41, 5.74) is 4.23. The molecule has 6 rings (SSSR count). The van der Waals surface area contributed by atoms with Crippen molar-refractivity contribution in [2.75, 3.05) is 31.1 Å². The Hall–Kier alpha value is -2.90. The number of fused-ring (bicyclic) bond motifs is 3. The minimum absolute atomic E-state index is 0.0640. The van der Waals surface area contributed by atoms with Crippen LogP contribution in [0.5, 0.6) is 0 Å². The Bertz CT molecular complexity index is 1410. The van der Waals surface area contributed by atoms with Gasteiger partial charge in [0.1, 0.15) is 5.82 Å². The van der Waals surface area contributed by atoms with Crippen molar-refractivity contribution in [3.8, 4) is 0 Å². The zero-order chi connectivity index (χ0) is 28.7. The Morgan fingerprint density at radius 1 is 0.976 bits per heavy atom. The van der Waals surface area contributed by atoms with Gasteiger partial charge in [0, 0.05) is 67.9 Å². The van der Waals surface area contributed by atoms with Gasteiger partial charge in [-0.3, -0.25) is 14.5 Å². The Kier molecular flexibility index (Phi) is 8.10. The second-order valence-corrected chi connectivity index (χ2v) is 12.7. The van der Waals surface area contributed by atoms with E-state index in [1.165, 1.54) is 18.4 Å². The lowest BCUT2D eigenvalue weighted by Gasteiger charge is -2.40. The molecule has 3 fully saturated rings. The van der Waals surface area contributed by atoms with Gasteiger partial charge < -0.3 is 14.4 Å². The molecule has 7 nitrogen and oxygen atoms in total. The number of rotatable bonds is 7. The molecule has 218 valence electrons. The number of carbonyl (C=O) groups is 2. The number of imidazole rings is 1. The van der Waals surface area contributed by atoms with Gasteiger partial charge in [-0.2, -0.15) is 0 Å². The standard InChI is InChI=1S/C33H42ClN5O2/c1-22-9-10-28(21-30(22)34)38(33(41)25-13-17-36(18-14-25)24(3)40)16-6-15-37-26-11-12-27(37)20-29(19-26)39-23(2)35-31-7-4-5-8-32(31)39/h4-5,7-10,21,25-27,29H,6,11-20H2,1-3H3/t26-,27+,29?. The fourth-order valence-electron chi connectivity index (χ4n) is 7.64. The molecule has 3 aliphatic rings. The highest BCUT2D eigenvalue weighted by Gasteiger charge is 2.41. The first kappa shape index (κ1) is 28.2. The number of amides is 2. The van der Waals surface area contributed by atoms with Crippen molar-refractivity contribution >= 4 is 40.1 Å². The fraction of sp³-hybridized carbons (Fsp3) is 0.545. The smallest absolute Gasteiger partial charge is 0.230 e. The Balaban J connectivity index is 1.13. The summed E-state index contributed by atoms with van der Waals surface area (Å²) in [6, 6.07) is 16.1. The van der Waals surface area contributed by atoms with Crippen LogP contribution in [-0.4, -0.2) is 69.4 Å². The molecule has 3 atom stereocenters. The van der Waals surface area contributed by atoms with Crippen molar-refractivity contribution in [2.24, 2.45) is 5.92 Å². The molecule has 2 amide bonds. The number of halogens is 1. The van der Waals surface area contributed by atoms with Crippen molar-refractivity contribution in [1.82, 2.24) is 19.4 Å². The molecule has 3 aromatic rings. The normalized spacial score (nSPS) is 23.3. The van der Waals surface area contributed by atoms with Gasteiger partial charge in [0.25, 0.3) is 0 Å². The average Bonchev–Trinajstić information content (AvgIpc) is 3.42. The number of hydrogen-bond donors (Lipinski definition) is 0. The minimum Gasteiger partial charge on any atom is -0.343 e. The number of nitrogens with zero attached hydrogens (tertiary/aromatic N) is 5. The van der Waals surface area contributed by atoms with Crippen LogP contribution in [0.2, 0.25) is 5.02 Å². The maximum atomic E-state index is 13.9. The first-order chi connectivity index (χ1) is 19.8. The van der Waals surface area contributed by atoms with Crippen LogP contribution in [0, 0.1) is 19.8 Å². The van der Waals surface area contributed by atoms with E-state index in [4.69, 9.17) is 16.6 Å². The number of aryl methyl sites for hydroxylation is 2. The van der Waals surface area contributed by atoms with Gasteiger partial charge in [-0.25, -0.2) is 4.98 Å². The highest BCUT2D eigenvalue weighted by Crippen LogP contribution is 2.42. The second kappa shape index (κ2) is 11.8. The van der Waals surface area contributed by atoms with E-state index in [0.29, 0.717) is 55.6 Å². The van der Waals surface area contributed by atoms with E-state index in [-0.39, 0.29) is 17.7 Å². The van der Waals surface area contributed by atoms with Crippen molar-refractivity contribution in [3.63, 3.8) is 0 Å². The topological polar surface area (TPSA) is 61.7 Å². The summed E-state index contributed by atoms with van der Waals surface area (Å²) in [4.78, 5) is 37.1. The SMILES string of the molecule is CC(=O)N1CCC(C(=O)N(CCCN2[C@@H]3CC[C@H]2CC(n2c(C)nc4ccccc42)C3)c2ccc(C)c(Cl)c2)CC1. The lowest BCUT2D eigenvalue weighted by atomic mass is 9.94. The Labute approximate surface area is 248 Å². The first-order valence-electron chi connectivity index (χ1n) is 15.3. The molecular formula is C33H42ClN5O2. The number of benzene rings is 2. The third kappa shape index (κ3) is 5.63. The van der Waals surface area contributed by atoms with Crippen LogP contribution in [0.4, 0.5) is 5.69 Å². The summed E-state index contributed by atoms with van der Waals surface area (Å²) in [6.07, 6.45) is 7.16. The zero-order valence-corrected chi connectivity index (χ0v) is 25.3. The van der Waals surface area contributed by atoms with Gasteiger partial charge in [0.15, 0.2) is 0 Å². The van der Waals surface area contributed by atoms with Gasteiger partial charge in [-0.15, -0.1) is 0 Å². The summed E-state index contributed by atoms with van der Waals surface area (Å²) < 4.78 is 2.48. The van der Waals surface area contributed by atoms with Crippen LogP contribution < -0.4 is 4.90 Å². The molecule has 41 heavy (non-hydrogen) atoms. The average molecular weight is 576 g/mol. The van der Waals surface area contributed by atoms with Crippen LogP contribution in [0.3, 0.4) is 0 Å². The quantitative estimate of drug-likeness (QED) is 0.339. The molecule has 1 unspecified atom stereocenters. The molecule has 8 heteroatoms. The largest absolute Gasteiger partial charge is 0.343 e. The molecule has 2 bridgehead atoms. The van der Waals surface area contributed by atoms with E-state index in [9.17, 15) is 9.59 Å². The third-order valence-corrected chi connectivity index (χ3v) is 10.2. The molecule has 0 aliphatic carbocycles. The van der Waals surface area contributed by atoms with Crippen LogP contribution in [0.25, 0.3) is 11.0 Å². The van der Waals surface area contributed by atoms with Crippen molar-refractivity contribution in [3.05, 3.63) is 58.9 Å². The molecular weight excluding hydrogens is 534 g/mol. The van der Waals surface area contributed by atoms with Gasteiger partial charge in [0.05, 0.1) is 11.0 Å². The third-order valence-electron chi connectivity index (χ3n) is 9.82. The molecule has 0 radical (unpaired) electrons. The van der Waals surface area contributed by atoms with Gasteiger partial charge in [-0.05, 0) is 88.6 Å². The highest BCUT2D eigenvalue weighted by molar-refractivity contribution is 6.31. The molecule has 2 aromatic carbocycles. The zero-order valence-electron chi connectivity index (χ0n) is 24.6. The molecule has 0 spiro atoms. The summed E-state index contributed by atoms with van der Waals surface area (Å²) >= 11 is 6.51. The van der Waals surface area contributed by atoms with Crippen LogP contribution >= 0.6 is 11.6 Å². The summed E-state index contributed by atoms with van der Waals surface area (Å²) in [6.45, 7) is 8.71. The number of piperidine rings is 2. The van der Waals surface area contributed by atoms with Crippen molar-refractivity contribution in [2.45, 2.75) is 83.8 Å². The van der Waals surface area contributed by atoms with Gasteiger partial charge in [0.2, 0.25) is 11.8 Å². The number of hydrogen-bond acceptors (Lipinski definition) is 4. The van der Waals surface area contributed by atoms with E-state index >= 15 is 0 Å². The number of likely N-dealkylation sites (tertiary alicyclic amines) is 1. The lowest BCUT2D eigenvalue weighted by Crippen LogP contribution is -2.46. The Morgan fingerprint density at radius 3 is 2.37 bits per heavy atom. The first-order valence-corrected chi connectivity index (χ1v) is 15.7. The number of carbonyl (C=O) groups excluding carboxylic acids is 2. The minimum atomic E-state index is -0.0640. The van der Waals surface area contributed by atoms with Crippen LogP contribution in [-0.2, 0) is 9.59 Å². The van der Waals surface area contributed by atoms with Crippen LogP contribution in [0.15, 0.2) is 42.5 Å². The summed E-state index contributed by atoms with van der Waals surface area (Å²) in [5, 5.41) is 0.689. The number of anilines is 1. The molecule has 3 saturated heterocycles. The maximum Gasteiger partial charge on any atom is 0.230 e. The summed E-state index contributed by atoms with van der Waals surface area (Å²) in [5.74, 6) is 1.31. The molecule has 1 aromatic heterocycles. The van der Waals surface area contributed by atoms with E-state index in [0.717, 1.165) is 48.4 Å². The van der Waals surface area contributed by atoms with Crippen molar-refractivity contribution in [1.29, 1.82) is 0 Å². The van der Waals surface area contributed by atoms with E-state index < -0.39 is 0 Å². The number of para-hydroxylation sites is 2. The van der Waals surface area contributed by atoms with Crippen LogP contribution in [0.1, 0.15) is 69.3 Å². The van der Waals surface area contributed by atoms with E-state index in [1.54, 1.807) is 6.92 Å². The lowest BCUT2D eigenvalue weighted by molar-refractivity contribution is -0.133. The monoisotopic (exact) mass is 575 g/mol. The van der Waals surface area contributed by atoms with Gasteiger partial charge >= 0.3 is 0 Å².